The standard InChI is InChI=1S/C14H25N3O4/c1-2-21-13(19)16-11-4-3-7-17(10-11)12(18)14(15)5-8-20-9-6-14/h11H,2-10,15H2,1H3,(H,16,19). The summed E-state index contributed by atoms with van der Waals surface area (Å²) in [5.74, 6) is -0.0267. The van der Waals surface area contributed by atoms with Gasteiger partial charge in [-0.05, 0) is 32.6 Å². The Kier molecular flexibility index (Phi) is 5.41. The zero-order chi connectivity index (χ0) is 15.3. The van der Waals surface area contributed by atoms with Gasteiger partial charge < -0.3 is 25.4 Å². The van der Waals surface area contributed by atoms with Crippen molar-refractivity contribution in [2.75, 3.05) is 32.9 Å². The fraction of sp³-hybridized carbons (Fsp3) is 0.857. The molecule has 2 heterocycles. The van der Waals surface area contributed by atoms with Gasteiger partial charge in [0.1, 0.15) is 0 Å². The van der Waals surface area contributed by atoms with Crippen LogP contribution in [-0.4, -0.2) is 61.4 Å². The number of ether oxygens (including phenoxy) is 2. The lowest BCUT2D eigenvalue weighted by Crippen LogP contribution is -2.61. The van der Waals surface area contributed by atoms with Crippen LogP contribution in [0.3, 0.4) is 0 Å². The number of nitrogens with one attached hydrogen (secondary N) is 1. The van der Waals surface area contributed by atoms with Gasteiger partial charge in [0.25, 0.3) is 0 Å². The first-order valence-electron chi connectivity index (χ1n) is 7.64. The molecule has 1 atom stereocenters. The summed E-state index contributed by atoms with van der Waals surface area (Å²) in [6.45, 7) is 4.35. The van der Waals surface area contributed by atoms with Crippen molar-refractivity contribution in [3.05, 3.63) is 0 Å². The van der Waals surface area contributed by atoms with E-state index >= 15 is 0 Å². The number of alkyl carbamates (subject to hydrolysis) is 1. The maximum atomic E-state index is 12.6. The van der Waals surface area contributed by atoms with Gasteiger partial charge in [-0.2, -0.15) is 0 Å². The van der Waals surface area contributed by atoms with E-state index in [0.29, 0.717) is 45.8 Å². The number of hydrogen-bond donors (Lipinski definition) is 2. The zero-order valence-electron chi connectivity index (χ0n) is 12.6. The van der Waals surface area contributed by atoms with E-state index in [1.54, 1.807) is 11.8 Å². The largest absolute Gasteiger partial charge is 0.450 e. The van der Waals surface area contributed by atoms with E-state index in [4.69, 9.17) is 15.2 Å². The summed E-state index contributed by atoms with van der Waals surface area (Å²) in [6, 6.07) is -0.0646. The summed E-state index contributed by atoms with van der Waals surface area (Å²) >= 11 is 0. The lowest BCUT2D eigenvalue weighted by atomic mass is 9.88. The highest BCUT2D eigenvalue weighted by molar-refractivity contribution is 5.86. The van der Waals surface area contributed by atoms with Gasteiger partial charge in [-0.25, -0.2) is 4.79 Å². The van der Waals surface area contributed by atoms with Crippen LogP contribution in [0.4, 0.5) is 4.79 Å². The van der Waals surface area contributed by atoms with Crippen LogP contribution in [0.2, 0.25) is 0 Å². The van der Waals surface area contributed by atoms with Crippen molar-refractivity contribution in [3.8, 4) is 0 Å². The van der Waals surface area contributed by atoms with Crippen LogP contribution in [-0.2, 0) is 14.3 Å². The topological polar surface area (TPSA) is 93.9 Å². The molecule has 120 valence electrons. The van der Waals surface area contributed by atoms with Crippen molar-refractivity contribution < 1.29 is 19.1 Å². The maximum absolute atomic E-state index is 12.6. The molecule has 0 aromatic heterocycles. The number of likely N-dealkylation sites (tertiary alicyclic amines) is 1. The van der Waals surface area contributed by atoms with Crippen LogP contribution in [0.5, 0.6) is 0 Å². The fourth-order valence-corrected chi connectivity index (χ4v) is 2.88. The molecule has 1 unspecified atom stereocenters. The zero-order valence-corrected chi connectivity index (χ0v) is 12.6. The van der Waals surface area contributed by atoms with Crippen LogP contribution in [0.1, 0.15) is 32.6 Å². The Balaban J connectivity index is 1.90. The Hall–Kier alpha value is -1.34. The molecule has 2 amide bonds. The smallest absolute Gasteiger partial charge is 0.407 e. The molecule has 0 bridgehead atoms. The average molecular weight is 299 g/mol. The van der Waals surface area contributed by atoms with Crippen LogP contribution < -0.4 is 11.1 Å². The normalized spacial score (nSPS) is 25.2. The quantitative estimate of drug-likeness (QED) is 0.778. The molecule has 3 N–H and O–H groups in total. The first-order chi connectivity index (χ1) is 10.0. The lowest BCUT2D eigenvalue weighted by Gasteiger charge is -2.40. The van der Waals surface area contributed by atoms with Crippen molar-refractivity contribution in [1.82, 2.24) is 10.2 Å². The predicted octanol–water partition coefficient (Wildman–Crippen LogP) is 0.231. The van der Waals surface area contributed by atoms with Gasteiger partial charge in [0.05, 0.1) is 12.1 Å². The minimum atomic E-state index is -0.815. The van der Waals surface area contributed by atoms with E-state index in [-0.39, 0.29) is 11.9 Å². The third kappa shape index (κ3) is 4.07. The molecule has 0 spiro atoms. The minimum Gasteiger partial charge on any atom is -0.450 e. The van der Waals surface area contributed by atoms with Gasteiger partial charge in [0.2, 0.25) is 5.91 Å². The highest BCUT2D eigenvalue weighted by Gasteiger charge is 2.40. The van der Waals surface area contributed by atoms with Crippen molar-refractivity contribution in [1.29, 1.82) is 0 Å². The first kappa shape index (κ1) is 16.0. The third-order valence-electron chi connectivity index (χ3n) is 4.12. The summed E-state index contributed by atoms with van der Waals surface area (Å²) in [5.41, 5.74) is 5.43. The van der Waals surface area contributed by atoms with Crippen LogP contribution in [0, 0.1) is 0 Å². The molecule has 2 fully saturated rings. The van der Waals surface area contributed by atoms with E-state index in [1.165, 1.54) is 0 Å². The Morgan fingerprint density at radius 1 is 1.43 bits per heavy atom. The minimum absolute atomic E-state index is 0.0267. The number of amides is 2. The first-order valence-corrected chi connectivity index (χ1v) is 7.64. The van der Waals surface area contributed by atoms with Gasteiger partial charge in [0.15, 0.2) is 0 Å². The van der Waals surface area contributed by atoms with E-state index in [1.807, 2.05) is 0 Å². The maximum Gasteiger partial charge on any atom is 0.407 e. The van der Waals surface area contributed by atoms with E-state index < -0.39 is 11.6 Å². The number of piperidine rings is 1. The van der Waals surface area contributed by atoms with E-state index in [9.17, 15) is 9.59 Å². The molecule has 21 heavy (non-hydrogen) atoms. The molecule has 7 nitrogen and oxygen atoms in total. The van der Waals surface area contributed by atoms with E-state index in [2.05, 4.69) is 5.32 Å². The van der Waals surface area contributed by atoms with Gasteiger partial charge >= 0.3 is 6.09 Å². The molecule has 0 aliphatic carbocycles. The third-order valence-corrected chi connectivity index (χ3v) is 4.12. The van der Waals surface area contributed by atoms with Crippen LogP contribution >= 0.6 is 0 Å². The Labute approximate surface area is 125 Å². The molecule has 2 saturated heterocycles. The van der Waals surface area contributed by atoms with Crippen molar-refractivity contribution in [3.63, 3.8) is 0 Å². The molecule has 0 saturated carbocycles. The van der Waals surface area contributed by atoms with Crippen molar-refractivity contribution in [2.24, 2.45) is 5.73 Å². The predicted molar refractivity (Wildman–Crippen MR) is 76.7 cm³/mol. The number of hydrogen-bond acceptors (Lipinski definition) is 5. The molecule has 2 rings (SSSR count). The number of carbonyl (C=O) groups is 2. The molecule has 0 aromatic carbocycles. The SMILES string of the molecule is CCOC(=O)NC1CCCN(C(=O)C2(N)CCOCC2)C1. The Bertz CT molecular complexity index is 382. The number of nitrogens with two attached hydrogens (primary N) is 1. The molecular weight excluding hydrogens is 274 g/mol. The Morgan fingerprint density at radius 3 is 2.81 bits per heavy atom. The molecule has 2 aliphatic heterocycles. The summed E-state index contributed by atoms with van der Waals surface area (Å²) in [4.78, 5) is 25.9. The molecule has 2 aliphatic rings. The monoisotopic (exact) mass is 299 g/mol. The van der Waals surface area contributed by atoms with Crippen LogP contribution in [0.15, 0.2) is 0 Å². The van der Waals surface area contributed by atoms with E-state index in [0.717, 1.165) is 12.8 Å². The fourth-order valence-electron chi connectivity index (χ4n) is 2.88. The Morgan fingerprint density at radius 2 is 2.14 bits per heavy atom. The summed E-state index contributed by atoms with van der Waals surface area (Å²) in [5, 5.41) is 2.80. The summed E-state index contributed by atoms with van der Waals surface area (Å²) in [7, 11) is 0. The van der Waals surface area contributed by atoms with Gasteiger partial charge in [-0.1, -0.05) is 0 Å². The second kappa shape index (κ2) is 7.09. The molecular formula is C14H25N3O4. The van der Waals surface area contributed by atoms with Gasteiger partial charge in [0, 0.05) is 32.3 Å². The van der Waals surface area contributed by atoms with Crippen LogP contribution in [0.25, 0.3) is 0 Å². The average Bonchev–Trinajstić information content (AvgIpc) is 2.47. The highest BCUT2D eigenvalue weighted by atomic mass is 16.5. The molecule has 7 heteroatoms. The number of carbonyl (C=O) groups excluding carboxylic acids is 2. The summed E-state index contributed by atoms with van der Waals surface area (Å²) < 4.78 is 10.2. The van der Waals surface area contributed by atoms with Gasteiger partial charge in [-0.15, -0.1) is 0 Å². The second-order valence-corrected chi connectivity index (χ2v) is 5.72. The lowest BCUT2D eigenvalue weighted by molar-refractivity contribution is -0.142. The van der Waals surface area contributed by atoms with Crippen molar-refractivity contribution >= 4 is 12.0 Å². The highest BCUT2D eigenvalue weighted by Crippen LogP contribution is 2.22. The molecule has 0 aromatic rings. The van der Waals surface area contributed by atoms with Gasteiger partial charge in [-0.3, -0.25) is 4.79 Å². The van der Waals surface area contributed by atoms with Crippen molar-refractivity contribution in [2.45, 2.75) is 44.2 Å². The number of rotatable bonds is 3. The second-order valence-electron chi connectivity index (χ2n) is 5.72. The molecule has 0 radical (unpaired) electrons. The summed E-state index contributed by atoms with van der Waals surface area (Å²) in [6.07, 6.45) is 2.39. The number of nitrogens with zero attached hydrogens (tertiary/aromatic N) is 1.